The fraction of sp³-hybridized carbons (Fsp3) is 0.333. The van der Waals surface area contributed by atoms with Crippen LogP contribution in [0.2, 0.25) is 0 Å². The van der Waals surface area contributed by atoms with E-state index in [1.54, 1.807) is 4.68 Å². The molecule has 1 N–H and O–H groups in total. The summed E-state index contributed by atoms with van der Waals surface area (Å²) in [6.07, 6.45) is 2.84. The molecule has 0 amide bonds. The first-order valence-electron chi connectivity index (χ1n) is 6.56. The molecular formula is C15H18N4O. The molecule has 0 bridgehead atoms. The summed E-state index contributed by atoms with van der Waals surface area (Å²) in [7, 11) is 1.92. The van der Waals surface area contributed by atoms with Crippen molar-refractivity contribution in [3.05, 3.63) is 47.8 Å². The Kier molecular flexibility index (Phi) is 5.15. The molecule has 1 aromatic heterocycles. The van der Waals surface area contributed by atoms with Crippen LogP contribution in [0.25, 0.3) is 0 Å². The van der Waals surface area contributed by atoms with Crippen LogP contribution in [0.5, 0.6) is 5.75 Å². The molecule has 0 aliphatic carbocycles. The Morgan fingerprint density at radius 3 is 2.95 bits per heavy atom. The van der Waals surface area contributed by atoms with Crippen molar-refractivity contribution in [2.24, 2.45) is 7.05 Å². The van der Waals surface area contributed by atoms with E-state index >= 15 is 0 Å². The molecule has 0 aliphatic rings. The number of ether oxygens (including phenoxy) is 1. The van der Waals surface area contributed by atoms with E-state index in [9.17, 15) is 0 Å². The second-order valence-corrected chi connectivity index (χ2v) is 4.46. The van der Waals surface area contributed by atoms with Gasteiger partial charge in [0, 0.05) is 38.3 Å². The molecule has 2 aromatic rings. The predicted molar refractivity (Wildman–Crippen MR) is 76.2 cm³/mol. The second-order valence-electron chi connectivity index (χ2n) is 4.46. The summed E-state index contributed by atoms with van der Waals surface area (Å²) in [5.41, 5.74) is 2.14. The lowest BCUT2D eigenvalue weighted by Gasteiger charge is -2.09. The average Bonchev–Trinajstić information content (AvgIpc) is 2.88. The molecule has 0 fully saturated rings. The van der Waals surface area contributed by atoms with Crippen LogP contribution < -0.4 is 10.1 Å². The molecule has 0 radical (unpaired) electrons. The highest BCUT2D eigenvalue weighted by Gasteiger charge is 2.02. The van der Waals surface area contributed by atoms with Crippen molar-refractivity contribution in [2.75, 3.05) is 13.2 Å². The second kappa shape index (κ2) is 7.31. The number of benzene rings is 1. The van der Waals surface area contributed by atoms with Crippen molar-refractivity contribution >= 4 is 0 Å². The standard InChI is InChI=1S/C15H18N4O/c1-19-10-7-14(18-19)6-9-17-12-13-4-2-3-5-15(13)20-11-8-16/h2-5,7,10,17H,6,9,11-12H2,1H3. The van der Waals surface area contributed by atoms with Gasteiger partial charge in [-0.05, 0) is 12.1 Å². The van der Waals surface area contributed by atoms with E-state index in [2.05, 4.69) is 10.4 Å². The fourth-order valence-corrected chi connectivity index (χ4v) is 1.94. The molecule has 5 heteroatoms. The number of para-hydroxylation sites is 1. The molecule has 20 heavy (non-hydrogen) atoms. The summed E-state index contributed by atoms with van der Waals surface area (Å²) in [5, 5.41) is 16.3. The maximum atomic E-state index is 8.56. The molecule has 0 saturated heterocycles. The number of nitrogens with one attached hydrogen (secondary N) is 1. The third kappa shape index (κ3) is 4.11. The van der Waals surface area contributed by atoms with Gasteiger partial charge in [0.2, 0.25) is 0 Å². The normalized spacial score (nSPS) is 10.2. The number of rotatable bonds is 7. The Labute approximate surface area is 118 Å². The largest absolute Gasteiger partial charge is 0.478 e. The van der Waals surface area contributed by atoms with Gasteiger partial charge in [0.05, 0.1) is 5.69 Å². The van der Waals surface area contributed by atoms with Gasteiger partial charge in [-0.1, -0.05) is 18.2 Å². The van der Waals surface area contributed by atoms with Crippen molar-refractivity contribution in [1.82, 2.24) is 15.1 Å². The van der Waals surface area contributed by atoms with E-state index in [-0.39, 0.29) is 6.61 Å². The maximum Gasteiger partial charge on any atom is 0.174 e. The summed E-state index contributed by atoms with van der Waals surface area (Å²) in [4.78, 5) is 0. The zero-order valence-corrected chi connectivity index (χ0v) is 11.5. The first-order chi connectivity index (χ1) is 9.79. The van der Waals surface area contributed by atoms with Gasteiger partial charge in [-0.25, -0.2) is 0 Å². The number of nitriles is 1. The Bertz CT molecular complexity index is 586. The summed E-state index contributed by atoms with van der Waals surface area (Å²) in [6, 6.07) is 11.8. The molecule has 0 saturated carbocycles. The van der Waals surface area contributed by atoms with Gasteiger partial charge < -0.3 is 10.1 Å². The van der Waals surface area contributed by atoms with Gasteiger partial charge in [0.1, 0.15) is 11.8 Å². The minimum absolute atomic E-state index is 0.0744. The van der Waals surface area contributed by atoms with Gasteiger partial charge in [-0.2, -0.15) is 10.4 Å². The van der Waals surface area contributed by atoms with E-state index in [1.165, 1.54) is 0 Å². The number of aromatic nitrogens is 2. The van der Waals surface area contributed by atoms with Crippen LogP contribution in [0.4, 0.5) is 0 Å². The van der Waals surface area contributed by atoms with Crippen molar-refractivity contribution in [2.45, 2.75) is 13.0 Å². The number of nitrogens with zero attached hydrogens (tertiary/aromatic N) is 3. The third-order valence-electron chi connectivity index (χ3n) is 2.91. The monoisotopic (exact) mass is 270 g/mol. The van der Waals surface area contributed by atoms with Gasteiger partial charge in [-0.3, -0.25) is 4.68 Å². The van der Waals surface area contributed by atoms with E-state index in [0.717, 1.165) is 30.0 Å². The van der Waals surface area contributed by atoms with Crippen LogP contribution >= 0.6 is 0 Å². The number of hydrogen-bond donors (Lipinski definition) is 1. The maximum absolute atomic E-state index is 8.56. The molecule has 0 atom stereocenters. The lowest BCUT2D eigenvalue weighted by molar-refractivity contribution is 0.362. The van der Waals surface area contributed by atoms with Crippen LogP contribution in [0, 0.1) is 11.3 Å². The number of aryl methyl sites for hydroxylation is 1. The summed E-state index contributed by atoms with van der Waals surface area (Å²) in [5.74, 6) is 0.763. The van der Waals surface area contributed by atoms with Gasteiger partial charge >= 0.3 is 0 Å². The van der Waals surface area contributed by atoms with Crippen molar-refractivity contribution in [3.8, 4) is 11.8 Å². The Morgan fingerprint density at radius 1 is 1.35 bits per heavy atom. The fourth-order valence-electron chi connectivity index (χ4n) is 1.94. The smallest absolute Gasteiger partial charge is 0.174 e. The molecular weight excluding hydrogens is 252 g/mol. The number of hydrogen-bond acceptors (Lipinski definition) is 4. The molecule has 0 aliphatic heterocycles. The lowest BCUT2D eigenvalue weighted by Crippen LogP contribution is -2.17. The molecule has 2 rings (SSSR count). The highest BCUT2D eigenvalue weighted by atomic mass is 16.5. The van der Waals surface area contributed by atoms with Crippen LogP contribution in [-0.4, -0.2) is 22.9 Å². The van der Waals surface area contributed by atoms with Gasteiger partial charge in [0.15, 0.2) is 6.61 Å². The van der Waals surface area contributed by atoms with Crippen LogP contribution in [0.3, 0.4) is 0 Å². The molecule has 0 unspecified atom stereocenters. The molecule has 1 heterocycles. The summed E-state index contributed by atoms with van der Waals surface area (Å²) < 4.78 is 7.19. The van der Waals surface area contributed by atoms with Crippen molar-refractivity contribution in [1.29, 1.82) is 5.26 Å². The predicted octanol–water partition coefficient (Wildman–Crippen LogP) is 1.65. The highest BCUT2D eigenvalue weighted by Crippen LogP contribution is 2.17. The Hall–Kier alpha value is -2.32. The molecule has 1 aromatic carbocycles. The summed E-state index contributed by atoms with van der Waals surface area (Å²) >= 11 is 0. The molecule has 0 spiro atoms. The van der Waals surface area contributed by atoms with E-state index in [4.69, 9.17) is 10.00 Å². The molecule has 104 valence electrons. The van der Waals surface area contributed by atoms with Crippen LogP contribution in [0.1, 0.15) is 11.3 Å². The topological polar surface area (TPSA) is 62.9 Å². The average molecular weight is 270 g/mol. The highest BCUT2D eigenvalue weighted by molar-refractivity contribution is 5.33. The molecule has 5 nitrogen and oxygen atoms in total. The van der Waals surface area contributed by atoms with E-state index in [0.29, 0.717) is 6.54 Å². The van der Waals surface area contributed by atoms with E-state index < -0.39 is 0 Å². The zero-order chi connectivity index (χ0) is 14.2. The van der Waals surface area contributed by atoms with Gasteiger partial charge in [-0.15, -0.1) is 0 Å². The van der Waals surface area contributed by atoms with Crippen molar-refractivity contribution < 1.29 is 4.74 Å². The van der Waals surface area contributed by atoms with E-state index in [1.807, 2.05) is 49.6 Å². The van der Waals surface area contributed by atoms with Crippen molar-refractivity contribution in [3.63, 3.8) is 0 Å². The SMILES string of the molecule is Cn1ccc(CCNCc2ccccc2OCC#N)n1. The minimum atomic E-state index is 0.0744. The summed E-state index contributed by atoms with van der Waals surface area (Å²) in [6.45, 7) is 1.64. The first-order valence-corrected chi connectivity index (χ1v) is 6.56. The van der Waals surface area contributed by atoms with Gasteiger partial charge in [0.25, 0.3) is 0 Å². The Balaban J connectivity index is 1.80. The first kappa shape index (κ1) is 14.1. The minimum Gasteiger partial charge on any atom is -0.478 e. The zero-order valence-electron chi connectivity index (χ0n) is 11.5. The third-order valence-corrected chi connectivity index (χ3v) is 2.91. The quantitative estimate of drug-likeness (QED) is 0.777. The van der Waals surface area contributed by atoms with Crippen LogP contribution in [0.15, 0.2) is 36.5 Å². The van der Waals surface area contributed by atoms with Crippen LogP contribution in [-0.2, 0) is 20.0 Å². The lowest BCUT2D eigenvalue weighted by atomic mass is 10.2. The Morgan fingerprint density at radius 2 is 2.20 bits per heavy atom.